The molecule has 0 aliphatic rings. The van der Waals surface area contributed by atoms with Gasteiger partial charge in [-0.2, -0.15) is 0 Å². The summed E-state index contributed by atoms with van der Waals surface area (Å²) in [5.74, 6) is 0.418. The van der Waals surface area contributed by atoms with Crippen LogP contribution in [0, 0.1) is 0 Å². The fraction of sp³-hybridized carbons (Fsp3) is 0.333. The Bertz CT molecular complexity index is 644. The monoisotopic (exact) mass is 313 g/mol. The van der Waals surface area contributed by atoms with Gasteiger partial charge < -0.3 is 15.4 Å². The highest BCUT2D eigenvalue weighted by atomic mass is 16.5. The molecule has 0 saturated heterocycles. The average Bonchev–Trinajstić information content (AvgIpc) is 2.59. The van der Waals surface area contributed by atoms with Gasteiger partial charge in [0.15, 0.2) is 0 Å². The number of ether oxygens (including phenoxy) is 1. The highest BCUT2D eigenvalue weighted by molar-refractivity contribution is 6.05. The molecule has 2 N–H and O–H groups in total. The van der Waals surface area contributed by atoms with Crippen molar-refractivity contribution in [3.05, 3.63) is 48.3 Å². The van der Waals surface area contributed by atoms with Gasteiger partial charge in [0.1, 0.15) is 5.75 Å². The number of carbonyl (C=O) groups excluding carboxylic acids is 1. The maximum Gasteiger partial charge on any atom is 0.257 e. The van der Waals surface area contributed by atoms with E-state index in [1.54, 1.807) is 31.6 Å². The highest BCUT2D eigenvalue weighted by Crippen LogP contribution is 2.23. The van der Waals surface area contributed by atoms with Crippen molar-refractivity contribution in [2.24, 2.45) is 0 Å². The second-order valence-electron chi connectivity index (χ2n) is 5.25. The van der Waals surface area contributed by atoms with Crippen LogP contribution in [0.1, 0.15) is 36.5 Å². The smallest absolute Gasteiger partial charge is 0.257 e. The van der Waals surface area contributed by atoms with Crippen molar-refractivity contribution < 1.29 is 9.53 Å². The number of methoxy groups -OCH3 is 1. The van der Waals surface area contributed by atoms with Crippen molar-refractivity contribution in [2.75, 3.05) is 24.3 Å². The van der Waals surface area contributed by atoms with Crippen LogP contribution in [0.2, 0.25) is 0 Å². The molecule has 1 amide bonds. The minimum atomic E-state index is -0.209. The Balaban J connectivity index is 2.02. The minimum Gasteiger partial charge on any atom is -0.495 e. The van der Waals surface area contributed by atoms with Crippen LogP contribution in [0.15, 0.2) is 42.7 Å². The van der Waals surface area contributed by atoms with Crippen LogP contribution in [0.25, 0.3) is 0 Å². The number of unbranched alkanes of at least 4 members (excludes halogenated alkanes) is 2. The summed E-state index contributed by atoms with van der Waals surface area (Å²) in [5, 5.41) is 6.14. The number of pyridine rings is 1. The van der Waals surface area contributed by atoms with E-state index in [0.29, 0.717) is 17.0 Å². The molecule has 1 aromatic carbocycles. The van der Waals surface area contributed by atoms with Gasteiger partial charge in [-0.15, -0.1) is 0 Å². The van der Waals surface area contributed by atoms with Crippen molar-refractivity contribution in [1.82, 2.24) is 4.98 Å². The Kier molecular flexibility index (Phi) is 6.41. The van der Waals surface area contributed by atoms with Gasteiger partial charge >= 0.3 is 0 Å². The summed E-state index contributed by atoms with van der Waals surface area (Å²) in [6.07, 6.45) is 6.76. The second kappa shape index (κ2) is 8.78. The molecule has 1 aromatic heterocycles. The molecular weight excluding hydrogens is 290 g/mol. The van der Waals surface area contributed by atoms with E-state index in [0.717, 1.165) is 18.7 Å². The van der Waals surface area contributed by atoms with Crippen molar-refractivity contribution in [3.8, 4) is 5.75 Å². The molecule has 2 aromatic rings. The molecule has 0 aliphatic carbocycles. The molecule has 2 rings (SSSR count). The summed E-state index contributed by atoms with van der Waals surface area (Å²) >= 11 is 0. The van der Waals surface area contributed by atoms with Crippen LogP contribution in [0.3, 0.4) is 0 Å². The normalized spacial score (nSPS) is 10.2. The maximum atomic E-state index is 12.4. The molecule has 1 heterocycles. The minimum absolute atomic E-state index is 0.209. The number of amides is 1. The maximum absolute atomic E-state index is 12.4. The molecular formula is C18H23N3O2. The molecule has 0 bridgehead atoms. The van der Waals surface area contributed by atoms with Crippen molar-refractivity contribution in [1.29, 1.82) is 0 Å². The zero-order chi connectivity index (χ0) is 16.5. The van der Waals surface area contributed by atoms with E-state index in [9.17, 15) is 4.79 Å². The Morgan fingerprint density at radius 2 is 2.04 bits per heavy atom. The van der Waals surface area contributed by atoms with Gasteiger partial charge in [0, 0.05) is 18.9 Å². The Hall–Kier alpha value is -2.56. The first-order valence-electron chi connectivity index (χ1n) is 7.88. The predicted molar refractivity (Wildman–Crippen MR) is 93.2 cm³/mol. The van der Waals surface area contributed by atoms with Gasteiger partial charge in [-0.05, 0) is 24.6 Å². The van der Waals surface area contributed by atoms with Crippen LogP contribution in [-0.4, -0.2) is 24.5 Å². The van der Waals surface area contributed by atoms with Gasteiger partial charge in [0.05, 0.1) is 24.0 Å². The molecule has 0 aliphatic heterocycles. The van der Waals surface area contributed by atoms with E-state index >= 15 is 0 Å². The molecule has 122 valence electrons. The molecule has 23 heavy (non-hydrogen) atoms. The fourth-order valence-electron chi connectivity index (χ4n) is 2.21. The van der Waals surface area contributed by atoms with Crippen LogP contribution in [-0.2, 0) is 0 Å². The summed E-state index contributed by atoms with van der Waals surface area (Å²) in [4.78, 5) is 16.5. The lowest BCUT2D eigenvalue weighted by atomic mass is 10.2. The largest absolute Gasteiger partial charge is 0.495 e. The highest BCUT2D eigenvalue weighted by Gasteiger charge is 2.10. The fourth-order valence-corrected chi connectivity index (χ4v) is 2.21. The van der Waals surface area contributed by atoms with Gasteiger partial charge in [-0.3, -0.25) is 9.78 Å². The first-order valence-corrected chi connectivity index (χ1v) is 7.88. The molecule has 5 heteroatoms. The van der Waals surface area contributed by atoms with E-state index in [-0.39, 0.29) is 5.91 Å². The number of carbonyl (C=O) groups is 1. The molecule has 5 nitrogen and oxygen atoms in total. The zero-order valence-electron chi connectivity index (χ0n) is 13.6. The standard InChI is InChI=1S/C18H23N3O2/c1-3-4-7-10-20-15-11-14(12-19-13-15)18(22)21-16-8-5-6-9-17(16)23-2/h5-6,8-9,11-13,20H,3-4,7,10H2,1-2H3,(H,21,22). The average molecular weight is 313 g/mol. The Labute approximate surface area is 137 Å². The van der Waals surface area contributed by atoms with E-state index in [2.05, 4.69) is 22.5 Å². The molecule has 0 atom stereocenters. The number of aromatic nitrogens is 1. The summed E-state index contributed by atoms with van der Waals surface area (Å²) in [6, 6.07) is 9.12. The summed E-state index contributed by atoms with van der Waals surface area (Å²) in [5.41, 5.74) is 2.01. The third kappa shape index (κ3) is 4.98. The lowest BCUT2D eigenvalue weighted by molar-refractivity contribution is 0.102. The van der Waals surface area contributed by atoms with Gasteiger partial charge in [-0.25, -0.2) is 0 Å². The van der Waals surface area contributed by atoms with Gasteiger partial charge in [0.25, 0.3) is 5.91 Å². The SMILES string of the molecule is CCCCCNc1cncc(C(=O)Nc2ccccc2OC)c1. The van der Waals surface area contributed by atoms with Crippen molar-refractivity contribution in [2.45, 2.75) is 26.2 Å². The third-order valence-corrected chi connectivity index (χ3v) is 3.47. The molecule has 0 spiro atoms. The summed E-state index contributed by atoms with van der Waals surface area (Å²) < 4.78 is 5.24. The number of benzene rings is 1. The molecule has 0 radical (unpaired) electrons. The summed E-state index contributed by atoms with van der Waals surface area (Å²) in [7, 11) is 1.58. The van der Waals surface area contributed by atoms with Crippen LogP contribution in [0.5, 0.6) is 5.75 Å². The molecule has 0 saturated carbocycles. The van der Waals surface area contributed by atoms with Crippen LogP contribution >= 0.6 is 0 Å². The van der Waals surface area contributed by atoms with Crippen LogP contribution in [0.4, 0.5) is 11.4 Å². The van der Waals surface area contributed by atoms with E-state index in [4.69, 9.17) is 4.74 Å². The predicted octanol–water partition coefficient (Wildman–Crippen LogP) is 3.94. The van der Waals surface area contributed by atoms with Crippen molar-refractivity contribution >= 4 is 17.3 Å². The van der Waals surface area contributed by atoms with E-state index in [1.807, 2.05) is 18.2 Å². The topological polar surface area (TPSA) is 63.2 Å². The lowest BCUT2D eigenvalue weighted by Crippen LogP contribution is -2.13. The Morgan fingerprint density at radius 1 is 1.22 bits per heavy atom. The van der Waals surface area contributed by atoms with E-state index < -0.39 is 0 Å². The Morgan fingerprint density at radius 3 is 2.83 bits per heavy atom. The number of nitrogens with zero attached hydrogens (tertiary/aromatic N) is 1. The number of anilines is 2. The number of rotatable bonds is 8. The first-order chi connectivity index (χ1) is 11.2. The van der Waals surface area contributed by atoms with E-state index in [1.165, 1.54) is 12.8 Å². The van der Waals surface area contributed by atoms with Gasteiger partial charge in [0.2, 0.25) is 0 Å². The van der Waals surface area contributed by atoms with Crippen molar-refractivity contribution in [3.63, 3.8) is 0 Å². The lowest BCUT2D eigenvalue weighted by Gasteiger charge is -2.11. The molecule has 0 unspecified atom stereocenters. The molecule has 0 fully saturated rings. The number of nitrogens with one attached hydrogen (secondary N) is 2. The van der Waals surface area contributed by atoms with Crippen LogP contribution < -0.4 is 15.4 Å². The first kappa shape index (κ1) is 16.8. The third-order valence-electron chi connectivity index (χ3n) is 3.47. The summed E-state index contributed by atoms with van der Waals surface area (Å²) in [6.45, 7) is 3.05. The van der Waals surface area contributed by atoms with Gasteiger partial charge in [-0.1, -0.05) is 31.9 Å². The number of hydrogen-bond donors (Lipinski definition) is 2. The second-order valence-corrected chi connectivity index (χ2v) is 5.25. The number of para-hydroxylation sites is 2. The zero-order valence-corrected chi connectivity index (χ0v) is 13.6. The quantitative estimate of drug-likeness (QED) is 0.724. The number of hydrogen-bond acceptors (Lipinski definition) is 4.